The van der Waals surface area contributed by atoms with Crippen molar-refractivity contribution in [1.29, 1.82) is 0 Å². The molecule has 1 rings (SSSR count). The highest BCUT2D eigenvalue weighted by Gasteiger charge is 2.22. The predicted molar refractivity (Wildman–Crippen MR) is 77.3 cm³/mol. The molecule has 0 saturated carbocycles. The van der Waals surface area contributed by atoms with Gasteiger partial charge in [0.2, 0.25) is 15.9 Å². The van der Waals surface area contributed by atoms with E-state index in [1.165, 1.54) is 0 Å². The number of carbonyl (C=O) groups excluding carboxylic acids is 1. The summed E-state index contributed by atoms with van der Waals surface area (Å²) in [7, 11) is -3.42. The molecular formula is C13H21N3O3S. The van der Waals surface area contributed by atoms with Gasteiger partial charge in [-0.25, -0.2) is 13.1 Å². The van der Waals surface area contributed by atoms with Crippen molar-refractivity contribution in [1.82, 2.24) is 15.0 Å². The molecule has 20 heavy (non-hydrogen) atoms. The van der Waals surface area contributed by atoms with Crippen LogP contribution >= 0.6 is 0 Å². The van der Waals surface area contributed by atoms with Gasteiger partial charge in [-0.2, -0.15) is 0 Å². The van der Waals surface area contributed by atoms with E-state index < -0.39 is 16.1 Å². The summed E-state index contributed by atoms with van der Waals surface area (Å²) in [6.07, 6.45) is 4.81. The number of aromatic nitrogens is 1. The lowest BCUT2D eigenvalue weighted by Crippen LogP contribution is -2.46. The molecule has 0 fully saturated rings. The first kappa shape index (κ1) is 16.6. The molecule has 0 spiro atoms. The normalized spacial score (nSPS) is 13.2. The molecule has 7 heteroatoms. The quantitative estimate of drug-likeness (QED) is 0.774. The van der Waals surface area contributed by atoms with Crippen molar-refractivity contribution in [3.05, 3.63) is 30.1 Å². The highest BCUT2D eigenvalue weighted by atomic mass is 32.2. The lowest BCUT2D eigenvalue weighted by Gasteiger charge is -2.19. The molecule has 0 bridgehead atoms. The molecule has 1 atom stereocenters. The van der Waals surface area contributed by atoms with Crippen molar-refractivity contribution >= 4 is 15.9 Å². The van der Waals surface area contributed by atoms with E-state index >= 15 is 0 Å². The van der Waals surface area contributed by atoms with E-state index in [0.717, 1.165) is 11.8 Å². The number of sulfonamides is 1. The van der Waals surface area contributed by atoms with E-state index in [4.69, 9.17) is 0 Å². The zero-order valence-corrected chi connectivity index (χ0v) is 12.8. The molecule has 1 amide bonds. The topological polar surface area (TPSA) is 88.2 Å². The fraction of sp³-hybridized carbons (Fsp3) is 0.538. The molecule has 0 aliphatic carbocycles. The zero-order valence-electron chi connectivity index (χ0n) is 12.0. The van der Waals surface area contributed by atoms with Crippen LogP contribution < -0.4 is 10.0 Å². The third kappa shape index (κ3) is 6.63. The van der Waals surface area contributed by atoms with Gasteiger partial charge in [-0.05, 0) is 24.0 Å². The second kappa shape index (κ2) is 7.35. The Kier molecular flexibility index (Phi) is 6.09. The zero-order chi connectivity index (χ0) is 15.2. The van der Waals surface area contributed by atoms with E-state index in [-0.39, 0.29) is 11.8 Å². The van der Waals surface area contributed by atoms with Crippen LogP contribution in [-0.4, -0.2) is 31.6 Å². The summed E-state index contributed by atoms with van der Waals surface area (Å²) in [6.45, 7) is 4.20. The Morgan fingerprint density at radius 2 is 2.10 bits per heavy atom. The minimum atomic E-state index is -3.42. The van der Waals surface area contributed by atoms with Crippen molar-refractivity contribution in [2.24, 2.45) is 5.92 Å². The van der Waals surface area contributed by atoms with Gasteiger partial charge < -0.3 is 5.32 Å². The second-order valence-corrected chi connectivity index (χ2v) is 6.93. The Morgan fingerprint density at radius 1 is 1.40 bits per heavy atom. The lowest BCUT2D eigenvalue weighted by atomic mass is 10.0. The average molecular weight is 299 g/mol. The third-order valence-electron chi connectivity index (χ3n) is 2.57. The maximum atomic E-state index is 12.1. The van der Waals surface area contributed by atoms with E-state index in [2.05, 4.69) is 15.0 Å². The molecule has 6 nitrogen and oxygen atoms in total. The number of amides is 1. The van der Waals surface area contributed by atoms with E-state index in [1.807, 2.05) is 19.9 Å². The maximum Gasteiger partial charge on any atom is 0.238 e. The van der Waals surface area contributed by atoms with Crippen molar-refractivity contribution in [2.75, 3.05) is 6.26 Å². The van der Waals surface area contributed by atoms with E-state index in [0.29, 0.717) is 13.0 Å². The Bertz CT molecular complexity index is 529. The fourth-order valence-corrected chi connectivity index (χ4v) is 2.47. The molecule has 1 heterocycles. The van der Waals surface area contributed by atoms with Crippen molar-refractivity contribution in [2.45, 2.75) is 32.9 Å². The monoisotopic (exact) mass is 299 g/mol. The molecule has 2 N–H and O–H groups in total. The Morgan fingerprint density at radius 3 is 2.60 bits per heavy atom. The van der Waals surface area contributed by atoms with Gasteiger partial charge in [0.15, 0.2) is 0 Å². The van der Waals surface area contributed by atoms with Crippen LogP contribution in [0.25, 0.3) is 0 Å². The number of carbonyl (C=O) groups is 1. The summed E-state index contributed by atoms with van der Waals surface area (Å²) in [6, 6.07) is 2.87. The number of hydrogen-bond donors (Lipinski definition) is 2. The largest absolute Gasteiger partial charge is 0.351 e. The van der Waals surface area contributed by atoms with Gasteiger partial charge in [-0.1, -0.05) is 19.9 Å². The number of nitrogens with one attached hydrogen (secondary N) is 2. The van der Waals surface area contributed by atoms with E-state index in [9.17, 15) is 13.2 Å². The summed E-state index contributed by atoms with van der Waals surface area (Å²) in [4.78, 5) is 16.0. The summed E-state index contributed by atoms with van der Waals surface area (Å²) in [5, 5.41) is 2.72. The SMILES string of the molecule is CC(C)C[C@H](NS(C)(=O)=O)C(=O)NCc1cccnc1. The smallest absolute Gasteiger partial charge is 0.238 e. The first-order valence-corrected chi connectivity index (χ1v) is 8.31. The van der Waals surface area contributed by atoms with Crippen molar-refractivity contribution < 1.29 is 13.2 Å². The van der Waals surface area contributed by atoms with Gasteiger partial charge in [0.1, 0.15) is 6.04 Å². The summed E-state index contributed by atoms with van der Waals surface area (Å²) in [5.74, 6) is -0.119. The van der Waals surface area contributed by atoms with Crippen molar-refractivity contribution in [3.63, 3.8) is 0 Å². The fourth-order valence-electron chi connectivity index (χ4n) is 1.75. The van der Waals surface area contributed by atoms with Crippen LogP contribution in [0.1, 0.15) is 25.8 Å². The minimum Gasteiger partial charge on any atom is -0.351 e. The van der Waals surface area contributed by atoms with E-state index in [1.54, 1.807) is 18.5 Å². The van der Waals surface area contributed by atoms with Crippen LogP contribution in [0.5, 0.6) is 0 Å². The summed E-state index contributed by atoms with van der Waals surface area (Å²) < 4.78 is 25.0. The highest BCUT2D eigenvalue weighted by molar-refractivity contribution is 7.88. The van der Waals surface area contributed by atoms with Crippen LogP contribution in [0.3, 0.4) is 0 Å². The highest BCUT2D eigenvalue weighted by Crippen LogP contribution is 2.06. The molecule has 0 aliphatic rings. The molecule has 0 radical (unpaired) electrons. The van der Waals surface area contributed by atoms with Crippen LogP contribution in [0.2, 0.25) is 0 Å². The number of nitrogens with zero attached hydrogens (tertiary/aromatic N) is 1. The van der Waals surface area contributed by atoms with Crippen LogP contribution in [0.15, 0.2) is 24.5 Å². The molecule has 0 aromatic carbocycles. The molecule has 1 aromatic heterocycles. The second-order valence-electron chi connectivity index (χ2n) is 5.15. The van der Waals surface area contributed by atoms with Crippen LogP contribution in [-0.2, 0) is 21.4 Å². The molecular weight excluding hydrogens is 278 g/mol. The van der Waals surface area contributed by atoms with Gasteiger partial charge in [0.25, 0.3) is 0 Å². The lowest BCUT2D eigenvalue weighted by molar-refractivity contribution is -0.123. The number of hydrogen-bond acceptors (Lipinski definition) is 4. The minimum absolute atomic E-state index is 0.207. The maximum absolute atomic E-state index is 12.1. The van der Waals surface area contributed by atoms with Crippen molar-refractivity contribution in [3.8, 4) is 0 Å². The molecule has 112 valence electrons. The average Bonchev–Trinajstić information content (AvgIpc) is 2.34. The summed E-state index contributed by atoms with van der Waals surface area (Å²) in [5.41, 5.74) is 0.864. The number of pyridine rings is 1. The summed E-state index contributed by atoms with van der Waals surface area (Å²) >= 11 is 0. The molecule has 1 aromatic rings. The van der Waals surface area contributed by atoms with Gasteiger partial charge in [0, 0.05) is 18.9 Å². The molecule has 0 saturated heterocycles. The van der Waals surface area contributed by atoms with Gasteiger partial charge >= 0.3 is 0 Å². The molecule has 0 unspecified atom stereocenters. The Balaban J connectivity index is 2.63. The van der Waals surface area contributed by atoms with Gasteiger partial charge in [-0.15, -0.1) is 0 Å². The molecule has 0 aliphatic heterocycles. The third-order valence-corrected chi connectivity index (χ3v) is 3.28. The standard InChI is InChI=1S/C13H21N3O3S/c1-10(2)7-12(16-20(3,18)19)13(17)15-9-11-5-4-6-14-8-11/h4-6,8,10,12,16H,7,9H2,1-3H3,(H,15,17)/t12-/m0/s1. The van der Waals surface area contributed by atoms with Crippen LogP contribution in [0, 0.1) is 5.92 Å². The van der Waals surface area contributed by atoms with Crippen LogP contribution in [0.4, 0.5) is 0 Å². The predicted octanol–water partition coefficient (Wildman–Crippen LogP) is 0.662. The van der Waals surface area contributed by atoms with Gasteiger partial charge in [-0.3, -0.25) is 9.78 Å². The number of rotatable bonds is 7. The first-order chi connectivity index (χ1) is 9.28. The van der Waals surface area contributed by atoms with Gasteiger partial charge in [0.05, 0.1) is 6.26 Å². The first-order valence-electron chi connectivity index (χ1n) is 6.42. The Hall–Kier alpha value is -1.47. The Labute approximate surface area is 120 Å².